The minimum atomic E-state index is -3.04. The molecule has 0 saturated carbocycles. The zero-order chi connectivity index (χ0) is 20.3. The van der Waals surface area contributed by atoms with E-state index in [1.807, 2.05) is 6.07 Å². The lowest BCUT2D eigenvalue weighted by Crippen LogP contribution is -2.49. The van der Waals surface area contributed by atoms with Crippen LogP contribution in [0.4, 0.5) is 10.1 Å². The first-order chi connectivity index (χ1) is 13.3. The van der Waals surface area contributed by atoms with Gasteiger partial charge in [-0.2, -0.15) is 5.26 Å². The van der Waals surface area contributed by atoms with Crippen LogP contribution in [-0.2, 0) is 14.6 Å². The van der Waals surface area contributed by atoms with Crippen molar-refractivity contribution in [2.24, 2.45) is 0 Å². The van der Waals surface area contributed by atoms with Gasteiger partial charge in [-0.25, -0.2) is 12.8 Å². The number of hydrogen-bond donors (Lipinski definition) is 0. The first-order valence-corrected chi connectivity index (χ1v) is 11.0. The van der Waals surface area contributed by atoms with Gasteiger partial charge >= 0.3 is 0 Å². The molecule has 2 aliphatic heterocycles. The summed E-state index contributed by atoms with van der Waals surface area (Å²) in [5, 5.41) is 9.42. The Bertz CT molecular complexity index is 900. The molecule has 2 aliphatic rings. The zero-order valence-electron chi connectivity index (χ0n) is 15.7. The molecule has 3 rings (SSSR count). The van der Waals surface area contributed by atoms with Crippen LogP contribution in [0.3, 0.4) is 0 Å². The highest BCUT2D eigenvalue weighted by atomic mass is 32.2. The number of sulfone groups is 1. The first kappa shape index (κ1) is 20.1. The molecule has 2 fully saturated rings. The fourth-order valence-electron chi connectivity index (χ4n) is 3.53. The molecule has 0 aromatic heterocycles. The average molecular weight is 406 g/mol. The van der Waals surface area contributed by atoms with Gasteiger partial charge in [-0.3, -0.25) is 4.79 Å². The molecule has 1 atom stereocenters. The van der Waals surface area contributed by atoms with E-state index in [-0.39, 0.29) is 34.8 Å². The number of nitrogens with zero attached hydrogens (tertiary/aromatic N) is 4. The number of amides is 1. The number of hydrogen-bond acceptors (Lipinski definition) is 6. The van der Waals surface area contributed by atoms with E-state index in [2.05, 4.69) is 4.90 Å². The summed E-state index contributed by atoms with van der Waals surface area (Å²) in [6, 6.07) is 7.96. The molecule has 1 unspecified atom stereocenters. The van der Waals surface area contributed by atoms with Crippen LogP contribution in [0, 0.1) is 17.1 Å². The molecule has 2 heterocycles. The Labute approximate surface area is 164 Å². The van der Waals surface area contributed by atoms with E-state index in [4.69, 9.17) is 0 Å². The van der Waals surface area contributed by atoms with Crippen molar-refractivity contribution in [1.82, 2.24) is 9.80 Å². The number of rotatable bonds is 4. The van der Waals surface area contributed by atoms with Gasteiger partial charge in [-0.15, -0.1) is 0 Å². The third kappa shape index (κ3) is 4.62. The van der Waals surface area contributed by atoms with Gasteiger partial charge in [-0.1, -0.05) is 0 Å². The summed E-state index contributed by atoms with van der Waals surface area (Å²) < 4.78 is 36.3. The number of piperazine rings is 1. The van der Waals surface area contributed by atoms with Gasteiger partial charge in [0.05, 0.1) is 11.5 Å². The summed E-state index contributed by atoms with van der Waals surface area (Å²) in [5.41, 5.74) is 0.897. The lowest BCUT2D eigenvalue weighted by Gasteiger charge is -2.36. The Morgan fingerprint density at radius 2 is 1.89 bits per heavy atom. The fourth-order valence-corrected chi connectivity index (χ4v) is 5.31. The van der Waals surface area contributed by atoms with Crippen LogP contribution in [0.25, 0.3) is 0 Å². The molecule has 0 N–H and O–H groups in total. The van der Waals surface area contributed by atoms with Gasteiger partial charge in [-0.05, 0) is 30.7 Å². The molecular weight excluding hydrogens is 383 g/mol. The number of halogens is 1. The van der Waals surface area contributed by atoms with Gasteiger partial charge in [0, 0.05) is 51.2 Å². The highest BCUT2D eigenvalue weighted by Gasteiger charge is 2.31. The van der Waals surface area contributed by atoms with Gasteiger partial charge in [0.25, 0.3) is 5.91 Å². The van der Waals surface area contributed by atoms with Crippen LogP contribution >= 0.6 is 0 Å². The van der Waals surface area contributed by atoms with E-state index in [1.54, 1.807) is 29.0 Å². The lowest BCUT2D eigenvalue weighted by atomic mass is 10.2. The SMILES string of the molecule is CN(/C=C(/C#N)C(=O)N1CCN(c2ccc(F)cc2)CC1)C1CCS(=O)(=O)C1. The average Bonchev–Trinajstić information content (AvgIpc) is 3.06. The number of carbonyl (C=O) groups is 1. The molecule has 1 aromatic carbocycles. The Balaban J connectivity index is 1.61. The Morgan fingerprint density at radius 3 is 2.43 bits per heavy atom. The second-order valence-electron chi connectivity index (χ2n) is 7.13. The van der Waals surface area contributed by atoms with Crippen molar-refractivity contribution < 1.29 is 17.6 Å². The van der Waals surface area contributed by atoms with Crippen LogP contribution in [0.2, 0.25) is 0 Å². The van der Waals surface area contributed by atoms with Crippen molar-refractivity contribution in [1.29, 1.82) is 5.26 Å². The van der Waals surface area contributed by atoms with Crippen molar-refractivity contribution in [3.63, 3.8) is 0 Å². The quantitative estimate of drug-likeness (QED) is 0.548. The Morgan fingerprint density at radius 1 is 1.25 bits per heavy atom. The third-order valence-corrected chi connectivity index (χ3v) is 6.98. The molecule has 2 saturated heterocycles. The maximum Gasteiger partial charge on any atom is 0.266 e. The van der Waals surface area contributed by atoms with E-state index in [0.717, 1.165) is 5.69 Å². The largest absolute Gasteiger partial charge is 0.375 e. The molecule has 0 spiro atoms. The lowest BCUT2D eigenvalue weighted by molar-refractivity contribution is -0.127. The molecule has 1 amide bonds. The third-order valence-electron chi connectivity index (χ3n) is 5.23. The van der Waals surface area contributed by atoms with Crippen molar-refractivity contribution in [2.75, 3.05) is 49.6 Å². The summed E-state index contributed by atoms with van der Waals surface area (Å²) in [5.74, 6) is -0.463. The molecule has 150 valence electrons. The molecule has 9 heteroatoms. The maximum atomic E-state index is 13.1. The van der Waals surface area contributed by atoms with E-state index >= 15 is 0 Å². The van der Waals surface area contributed by atoms with E-state index in [1.165, 1.54) is 18.3 Å². The van der Waals surface area contributed by atoms with Crippen LogP contribution in [0.5, 0.6) is 0 Å². The summed E-state index contributed by atoms with van der Waals surface area (Å²) in [6.45, 7) is 2.09. The van der Waals surface area contributed by atoms with Crippen molar-refractivity contribution in [3.8, 4) is 6.07 Å². The second-order valence-corrected chi connectivity index (χ2v) is 9.36. The molecule has 0 aliphatic carbocycles. The van der Waals surface area contributed by atoms with Crippen molar-refractivity contribution in [3.05, 3.63) is 41.9 Å². The van der Waals surface area contributed by atoms with Crippen molar-refractivity contribution >= 4 is 21.4 Å². The standard InChI is InChI=1S/C19H23FN4O3S/c1-22(18-6-11-28(26,27)14-18)13-15(12-21)19(25)24-9-7-23(8-10-24)17-4-2-16(20)3-5-17/h2-5,13,18H,6-11,14H2,1H3/b15-13-. The first-order valence-electron chi connectivity index (χ1n) is 9.13. The predicted octanol–water partition coefficient (Wildman–Crippen LogP) is 1.00. The predicted molar refractivity (Wildman–Crippen MR) is 104 cm³/mol. The van der Waals surface area contributed by atoms with Gasteiger partial charge in [0.2, 0.25) is 0 Å². The van der Waals surface area contributed by atoms with E-state index < -0.39 is 9.84 Å². The summed E-state index contributed by atoms with van der Waals surface area (Å²) >= 11 is 0. The van der Waals surface area contributed by atoms with Crippen molar-refractivity contribution in [2.45, 2.75) is 12.5 Å². The normalized spacial score (nSPS) is 22.0. The number of anilines is 1. The fraction of sp³-hybridized carbons (Fsp3) is 0.474. The van der Waals surface area contributed by atoms with Gasteiger partial charge < -0.3 is 14.7 Å². The van der Waals surface area contributed by atoms with Crippen LogP contribution in [0.1, 0.15) is 6.42 Å². The molecule has 0 bridgehead atoms. The highest BCUT2D eigenvalue weighted by Crippen LogP contribution is 2.19. The summed E-state index contributed by atoms with van der Waals surface area (Å²) in [4.78, 5) is 18.1. The zero-order valence-corrected chi connectivity index (χ0v) is 16.5. The summed E-state index contributed by atoms with van der Waals surface area (Å²) in [7, 11) is -1.34. The smallest absolute Gasteiger partial charge is 0.266 e. The highest BCUT2D eigenvalue weighted by molar-refractivity contribution is 7.91. The monoisotopic (exact) mass is 406 g/mol. The van der Waals surface area contributed by atoms with E-state index in [0.29, 0.717) is 32.6 Å². The minimum absolute atomic E-state index is 0.00188. The number of benzene rings is 1. The topological polar surface area (TPSA) is 84.7 Å². The van der Waals surface area contributed by atoms with Crippen LogP contribution in [0.15, 0.2) is 36.0 Å². The summed E-state index contributed by atoms with van der Waals surface area (Å²) in [6.07, 6.45) is 1.96. The molecule has 0 radical (unpaired) electrons. The Hall–Kier alpha value is -2.60. The molecule has 7 nitrogen and oxygen atoms in total. The molecule has 28 heavy (non-hydrogen) atoms. The maximum absolute atomic E-state index is 13.1. The van der Waals surface area contributed by atoms with Gasteiger partial charge in [0.15, 0.2) is 9.84 Å². The van der Waals surface area contributed by atoms with E-state index in [9.17, 15) is 22.9 Å². The number of carbonyl (C=O) groups excluding carboxylic acids is 1. The van der Waals surface area contributed by atoms with Crippen LogP contribution < -0.4 is 4.90 Å². The second kappa shape index (κ2) is 8.19. The molecular formula is C19H23FN4O3S. The number of nitriles is 1. The Kier molecular flexibility index (Phi) is 5.89. The van der Waals surface area contributed by atoms with Gasteiger partial charge in [0.1, 0.15) is 17.5 Å². The van der Waals surface area contributed by atoms with Crippen LogP contribution in [-0.4, -0.2) is 74.9 Å². The molecule has 1 aromatic rings. The minimum Gasteiger partial charge on any atom is -0.375 e.